The van der Waals surface area contributed by atoms with Gasteiger partial charge in [-0.2, -0.15) is 5.10 Å². The summed E-state index contributed by atoms with van der Waals surface area (Å²) in [5.41, 5.74) is 5.43. The van der Waals surface area contributed by atoms with Gasteiger partial charge in [0, 0.05) is 43.9 Å². The van der Waals surface area contributed by atoms with Crippen LogP contribution in [0.15, 0.2) is 65.3 Å². The van der Waals surface area contributed by atoms with Crippen molar-refractivity contribution in [3.8, 4) is 5.75 Å². The summed E-state index contributed by atoms with van der Waals surface area (Å²) in [5, 5.41) is 4.19. The third-order valence-electron chi connectivity index (χ3n) is 12.0. The summed E-state index contributed by atoms with van der Waals surface area (Å²) >= 11 is 0. The Labute approximate surface area is 301 Å². The molecule has 270 valence electrons. The van der Waals surface area contributed by atoms with Gasteiger partial charge in [0.05, 0.1) is 35.9 Å². The van der Waals surface area contributed by atoms with Crippen molar-refractivity contribution in [1.29, 1.82) is 0 Å². The van der Waals surface area contributed by atoms with E-state index in [9.17, 15) is 13.8 Å². The average Bonchev–Trinajstić information content (AvgIpc) is 3.74. The number of nitrogens with one attached hydrogen (secondary N) is 1. The van der Waals surface area contributed by atoms with Crippen molar-refractivity contribution in [2.24, 2.45) is 28.0 Å². The first-order valence-electron chi connectivity index (χ1n) is 18.5. The van der Waals surface area contributed by atoms with Crippen LogP contribution in [0.1, 0.15) is 89.3 Å². The molecule has 1 spiro atoms. The van der Waals surface area contributed by atoms with E-state index < -0.39 is 21.7 Å². The maximum atomic E-state index is 14.5. The topological polar surface area (TPSA) is 115 Å². The Morgan fingerprint density at radius 3 is 2.80 bits per heavy atom. The molecular weight excluding hydrogens is 663 g/mol. The van der Waals surface area contributed by atoms with Crippen LogP contribution in [0.25, 0.3) is 0 Å². The molecule has 11 heteroatoms. The molecule has 0 radical (unpaired) electrons. The van der Waals surface area contributed by atoms with E-state index in [4.69, 9.17) is 9.47 Å². The number of aromatic nitrogens is 2. The predicted octanol–water partition coefficient (Wildman–Crippen LogP) is 6.45. The third kappa shape index (κ3) is 6.52. The Kier molecular flexibility index (Phi) is 8.85. The number of hydrogen-bond donors (Lipinski definition) is 1. The van der Waals surface area contributed by atoms with Gasteiger partial charge in [-0.3, -0.25) is 19.0 Å². The highest BCUT2D eigenvalue weighted by Crippen LogP contribution is 2.61. The van der Waals surface area contributed by atoms with Crippen LogP contribution < -0.4 is 14.4 Å². The molecule has 1 N–H and O–H groups in total. The quantitative estimate of drug-likeness (QED) is 0.310. The maximum absolute atomic E-state index is 14.5. The fourth-order valence-electron chi connectivity index (χ4n) is 9.10. The Morgan fingerprint density at radius 1 is 1.18 bits per heavy atom. The number of hydrogen-bond acceptors (Lipinski definition) is 7. The third-order valence-corrected chi connectivity index (χ3v) is 14.0. The van der Waals surface area contributed by atoms with Gasteiger partial charge in [-0.15, -0.1) is 4.36 Å². The second-order valence-electron chi connectivity index (χ2n) is 15.7. The molecule has 8 atom stereocenters. The van der Waals surface area contributed by atoms with E-state index in [1.165, 1.54) is 29.3 Å². The molecule has 8 rings (SSSR count). The minimum Gasteiger partial charge on any atom is -0.490 e. The SMILES string of the molecule is CCn1cc(C(=O)NS2(=O)=NC(=O)c3ccc4c(c3)N(C[C@@H]3CC[C@H]3[C@@H](OC)/C=C/C[C@H](C)C2)C[C@]2(CO4)C[C@@H]3C[C@@H]3c3cc(C)ccc32)cn1. The van der Waals surface area contributed by atoms with Gasteiger partial charge in [-0.25, -0.2) is 4.21 Å². The molecule has 2 amide bonds. The molecule has 10 nitrogen and oxygen atoms in total. The zero-order chi connectivity index (χ0) is 35.5. The molecule has 1 unspecified atom stereocenters. The fraction of sp³-hybridized carbons (Fsp3) is 0.525. The number of rotatable bonds is 4. The van der Waals surface area contributed by atoms with Gasteiger partial charge >= 0.3 is 0 Å². The second kappa shape index (κ2) is 13.2. The first kappa shape index (κ1) is 34.1. The van der Waals surface area contributed by atoms with Gasteiger partial charge in [-0.1, -0.05) is 42.8 Å². The highest BCUT2D eigenvalue weighted by molar-refractivity contribution is 7.92. The second-order valence-corrected chi connectivity index (χ2v) is 17.7. The maximum Gasteiger partial charge on any atom is 0.286 e. The molecule has 2 aromatic carbocycles. The van der Waals surface area contributed by atoms with Crippen LogP contribution in [0.2, 0.25) is 0 Å². The molecule has 2 aliphatic heterocycles. The van der Waals surface area contributed by atoms with E-state index in [1.54, 1.807) is 24.1 Å². The van der Waals surface area contributed by atoms with E-state index in [-0.39, 0.29) is 28.8 Å². The summed E-state index contributed by atoms with van der Waals surface area (Å²) in [6, 6.07) is 12.4. The highest BCUT2D eigenvalue weighted by Gasteiger charge is 2.54. The number of ether oxygens (including phenoxy) is 2. The standard InChI is InChI=1S/C40H49N5O5S/c1-5-45-21-30(19-41-45)39(47)43-51(48)22-26(3)7-6-8-36(49-4)31-12-10-28(31)20-44-23-40(18-29-16-32(29)33-15-25(2)9-13-34(33)40)24-50-37-14-11-27(17-35(37)44)38(46)42-51/h6,8-9,11,13-15,17,19,21,26,28-29,31-32,36H,5,7,10,12,16,18,20,22-24H2,1-4H3,(H,42,43,46,47,48)/b8-6+/t26-,28-,29-,31+,32-,36-,40-,51?/m0/s1. The van der Waals surface area contributed by atoms with Gasteiger partial charge in [0.25, 0.3) is 11.8 Å². The minimum atomic E-state index is -3.51. The molecule has 3 aliphatic carbocycles. The molecule has 3 heterocycles. The number of amides is 2. The van der Waals surface area contributed by atoms with Gasteiger partial charge < -0.3 is 14.4 Å². The number of anilines is 1. The molecule has 2 saturated carbocycles. The van der Waals surface area contributed by atoms with E-state index in [0.29, 0.717) is 48.8 Å². The number of nitrogens with zero attached hydrogens (tertiary/aromatic N) is 4. The molecule has 51 heavy (non-hydrogen) atoms. The van der Waals surface area contributed by atoms with Crippen molar-refractivity contribution < 1.29 is 23.3 Å². The Bertz CT molecular complexity index is 2010. The summed E-state index contributed by atoms with van der Waals surface area (Å²) < 4.78 is 35.9. The van der Waals surface area contributed by atoms with Crippen LogP contribution in [-0.4, -0.2) is 64.5 Å². The molecule has 5 aliphatic rings. The normalized spacial score (nSPS) is 33.3. The first-order chi connectivity index (χ1) is 24.6. The molecule has 1 aromatic heterocycles. The van der Waals surface area contributed by atoms with Crippen molar-refractivity contribution in [3.05, 3.63) is 88.8 Å². The lowest BCUT2D eigenvalue weighted by atomic mass is 9.68. The van der Waals surface area contributed by atoms with Crippen molar-refractivity contribution in [2.45, 2.75) is 76.9 Å². The Hall–Kier alpha value is -3.96. The van der Waals surface area contributed by atoms with Crippen molar-refractivity contribution >= 4 is 27.4 Å². The summed E-state index contributed by atoms with van der Waals surface area (Å²) in [6.45, 7) is 8.81. The van der Waals surface area contributed by atoms with Crippen LogP contribution in [0.5, 0.6) is 5.75 Å². The summed E-state index contributed by atoms with van der Waals surface area (Å²) in [6.07, 6.45) is 12.3. The smallest absolute Gasteiger partial charge is 0.286 e. The summed E-state index contributed by atoms with van der Waals surface area (Å²) in [4.78, 5) is 29.8. The van der Waals surface area contributed by atoms with Crippen LogP contribution in [0.4, 0.5) is 5.69 Å². The zero-order valence-electron chi connectivity index (χ0n) is 30.0. The fourth-order valence-corrected chi connectivity index (χ4v) is 11.0. The number of methoxy groups -OCH3 is 1. The molecule has 2 fully saturated rings. The number of carbonyl (C=O) groups is 2. The van der Waals surface area contributed by atoms with Crippen LogP contribution in [0, 0.1) is 30.6 Å². The van der Waals surface area contributed by atoms with Crippen LogP contribution in [0.3, 0.4) is 0 Å². The highest BCUT2D eigenvalue weighted by atomic mass is 32.2. The lowest BCUT2D eigenvalue weighted by Gasteiger charge is -2.46. The summed E-state index contributed by atoms with van der Waals surface area (Å²) in [7, 11) is -1.73. The first-order valence-corrected chi connectivity index (χ1v) is 20.2. The number of benzene rings is 2. The minimum absolute atomic E-state index is 0.0180. The molecular formula is C40H49N5O5S. The van der Waals surface area contributed by atoms with E-state index in [1.807, 2.05) is 26.0 Å². The van der Waals surface area contributed by atoms with Crippen molar-refractivity contribution in [2.75, 3.05) is 37.5 Å². The van der Waals surface area contributed by atoms with E-state index in [2.05, 4.69) is 56.4 Å². The van der Waals surface area contributed by atoms with Gasteiger partial charge in [0.15, 0.2) is 0 Å². The number of fused-ring (bicyclic) bond motifs is 6. The molecule has 2 bridgehead atoms. The largest absolute Gasteiger partial charge is 0.490 e. The van der Waals surface area contributed by atoms with Gasteiger partial charge in [0.2, 0.25) is 0 Å². The Balaban J connectivity index is 1.20. The predicted molar refractivity (Wildman–Crippen MR) is 198 cm³/mol. The van der Waals surface area contributed by atoms with Crippen LogP contribution >= 0.6 is 0 Å². The van der Waals surface area contributed by atoms with Gasteiger partial charge in [0.1, 0.15) is 15.7 Å². The van der Waals surface area contributed by atoms with Gasteiger partial charge in [-0.05, 0) is 105 Å². The monoisotopic (exact) mass is 711 g/mol. The van der Waals surface area contributed by atoms with E-state index >= 15 is 0 Å². The molecule has 0 saturated heterocycles. The lowest BCUT2D eigenvalue weighted by Crippen LogP contribution is -2.49. The van der Waals surface area contributed by atoms with E-state index in [0.717, 1.165) is 43.8 Å². The number of allylic oxidation sites excluding steroid dienone is 1. The number of aryl methyl sites for hydroxylation is 2. The summed E-state index contributed by atoms with van der Waals surface area (Å²) in [5.74, 6) is 1.51. The average molecular weight is 712 g/mol. The van der Waals surface area contributed by atoms with Crippen LogP contribution in [-0.2, 0) is 26.6 Å². The Morgan fingerprint density at radius 2 is 2.04 bits per heavy atom. The molecule has 3 aromatic rings. The lowest BCUT2D eigenvalue weighted by molar-refractivity contribution is 0.0131. The zero-order valence-corrected chi connectivity index (χ0v) is 30.9. The van der Waals surface area contributed by atoms with Crippen molar-refractivity contribution in [1.82, 2.24) is 14.5 Å². The number of carbonyl (C=O) groups excluding carboxylic acids is 2. The van der Waals surface area contributed by atoms with Crippen molar-refractivity contribution in [3.63, 3.8) is 0 Å².